The van der Waals surface area contributed by atoms with Gasteiger partial charge >= 0.3 is 0 Å². The van der Waals surface area contributed by atoms with Gasteiger partial charge in [0, 0.05) is 18.0 Å². The number of amides is 2. The number of hydrogen-bond acceptors (Lipinski definition) is 3. The van der Waals surface area contributed by atoms with E-state index in [9.17, 15) is 9.59 Å². The van der Waals surface area contributed by atoms with Crippen molar-refractivity contribution in [3.05, 3.63) is 66.0 Å². The van der Waals surface area contributed by atoms with Crippen molar-refractivity contribution in [2.75, 3.05) is 0 Å². The second kappa shape index (κ2) is 5.72. The molecule has 0 unspecified atom stereocenters. The van der Waals surface area contributed by atoms with Crippen LogP contribution in [0.1, 0.15) is 15.9 Å². The van der Waals surface area contributed by atoms with Gasteiger partial charge in [-0.25, -0.2) is 0 Å². The number of hydrogen-bond donors (Lipinski definition) is 0. The SMILES string of the molecule is O=CN(Cc1ccccc1)C(=O)c1ccncc1. The molecule has 0 aliphatic rings. The summed E-state index contributed by atoms with van der Waals surface area (Å²) in [7, 11) is 0. The highest BCUT2D eigenvalue weighted by molar-refractivity contribution is 5.99. The van der Waals surface area contributed by atoms with Gasteiger partial charge in [0.15, 0.2) is 0 Å². The summed E-state index contributed by atoms with van der Waals surface area (Å²) in [6.45, 7) is 0.269. The van der Waals surface area contributed by atoms with E-state index in [0.29, 0.717) is 12.0 Å². The van der Waals surface area contributed by atoms with Crippen LogP contribution in [0.4, 0.5) is 0 Å². The van der Waals surface area contributed by atoms with E-state index in [1.807, 2.05) is 30.3 Å². The number of nitrogens with zero attached hydrogens (tertiary/aromatic N) is 2. The topological polar surface area (TPSA) is 50.3 Å². The summed E-state index contributed by atoms with van der Waals surface area (Å²) in [6.07, 6.45) is 3.60. The normalized spacial score (nSPS) is 9.78. The van der Waals surface area contributed by atoms with Gasteiger partial charge in [-0.3, -0.25) is 19.5 Å². The molecule has 1 heterocycles. The molecule has 0 saturated heterocycles. The second-order valence-electron chi connectivity index (χ2n) is 3.76. The standard InChI is InChI=1S/C14H12N2O2/c17-11-16(10-12-4-2-1-3-5-12)14(18)13-6-8-15-9-7-13/h1-9,11H,10H2. The lowest BCUT2D eigenvalue weighted by molar-refractivity contribution is -0.116. The van der Waals surface area contributed by atoms with E-state index >= 15 is 0 Å². The predicted molar refractivity (Wildman–Crippen MR) is 66.6 cm³/mol. The predicted octanol–water partition coefficient (Wildman–Crippen LogP) is 1.88. The maximum atomic E-state index is 12.0. The minimum atomic E-state index is -0.323. The van der Waals surface area contributed by atoms with E-state index in [1.54, 1.807) is 12.1 Å². The molecule has 0 fully saturated rings. The van der Waals surface area contributed by atoms with Crippen LogP contribution in [0, 0.1) is 0 Å². The van der Waals surface area contributed by atoms with E-state index in [4.69, 9.17) is 0 Å². The second-order valence-corrected chi connectivity index (χ2v) is 3.76. The number of pyridine rings is 1. The fourth-order valence-electron chi connectivity index (χ4n) is 1.60. The monoisotopic (exact) mass is 240 g/mol. The van der Waals surface area contributed by atoms with E-state index < -0.39 is 0 Å². The van der Waals surface area contributed by atoms with Gasteiger partial charge in [-0.05, 0) is 17.7 Å². The van der Waals surface area contributed by atoms with Gasteiger partial charge in [0.1, 0.15) is 0 Å². The summed E-state index contributed by atoms with van der Waals surface area (Å²) in [6, 6.07) is 12.5. The molecule has 0 saturated carbocycles. The molecule has 18 heavy (non-hydrogen) atoms. The van der Waals surface area contributed by atoms with E-state index in [2.05, 4.69) is 4.98 Å². The zero-order valence-corrected chi connectivity index (χ0v) is 9.69. The zero-order valence-electron chi connectivity index (χ0n) is 9.69. The Hall–Kier alpha value is -2.49. The van der Waals surface area contributed by atoms with Crippen LogP contribution in [0.5, 0.6) is 0 Å². The lowest BCUT2D eigenvalue weighted by Gasteiger charge is -2.15. The molecule has 0 aliphatic heterocycles. The van der Waals surface area contributed by atoms with Crippen molar-refractivity contribution in [3.63, 3.8) is 0 Å². The Bertz CT molecular complexity index is 526. The summed E-state index contributed by atoms with van der Waals surface area (Å²) in [5.74, 6) is -0.323. The van der Waals surface area contributed by atoms with Crippen LogP contribution >= 0.6 is 0 Å². The Kier molecular flexibility index (Phi) is 3.81. The molecule has 2 aromatic rings. The van der Waals surface area contributed by atoms with Gasteiger partial charge in [-0.1, -0.05) is 30.3 Å². The third-order valence-corrected chi connectivity index (χ3v) is 2.51. The molecular weight excluding hydrogens is 228 g/mol. The minimum absolute atomic E-state index is 0.269. The highest BCUT2D eigenvalue weighted by atomic mass is 16.2. The van der Waals surface area contributed by atoms with E-state index in [-0.39, 0.29) is 12.5 Å². The van der Waals surface area contributed by atoms with Gasteiger partial charge < -0.3 is 0 Å². The quantitative estimate of drug-likeness (QED) is 0.767. The molecule has 2 amide bonds. The Labute approximate surface area is 105 Å². The fraction of sp³-hybridized carbons (Fsp3) is 0.0714. The molecule has 0 aliphatic carbocycles. The van der Waals surface area contributed by atoms with E-state index in [0.717, 1.165) is 10.5 Å². The maximum Gasteiger partial charge on any atom is 0.260 e. The van der Waals surface area contributed by atoms with Gasteiger partial charge in [0.05, 0.1) is 6.54 Å². The number of rotatable bonds is 4. The smallest absolute Gasteiger partial charge is 0.260 e. The Morgan fingerprint density at radius 2 is 1.78 bits per heavy atom. The van der Waals surface area contributed by atoms with Crippen molar-refractivity contribution in [1.29, 1.82) is 0 Å². The molecule has 2 rings (SSSR count). The molecule has 0 atom stereocenters. The van der Waals surface area contributed by atoms with Crippen molar-refractivity contribution in [2.24, 2.45) is 0 Å². The van der Waals surface area contributed by atoms with Crippen molar-refractivity contribution in [3.8, 4) is 0 Å². The molecule has 0 spiro atoms. The summed E-state index contributed by atoms with van der Waals surface area (Å²) in [5.41, 5.74) is 1.36. The van der Waals surface area contributed by atoms with Crippen LogP contribution in [0.3, 0.4) is 0 Å². The van der Waals surface area contributed by atoms with Gasteiger partial charge in [0.2, 0.25) is 6.41 Å². The Morgan fingerprint density at radius 1 is 1.11 bits per heavy atom. The fourth-order valence-corrected chi connectivity index (χ4v) is 1.60. The molecule has 90 valence electrons. The largest absolute Gasteiger partial charge is 0.278 e. The first-order chi connectivity index (χ1) is 8.81. The highest BCUT2D eigenvalue weighted by Gasteiger charge is 2.14. The van der Waals surface area contributed by atoms with Crippen LogP contribution in [-0.4, -0.2) is 22.2 Å². The first-order valence-electron chi connectivity index (χ1n) is 5.51. The summed E-state index contributed by atoms with van der Waals surface area (Å²) in [5, 5.41) is 0. The summed E-state index contributed by atoms with van der Waals surface area (Å²) >= 11 is 0. The number of benzene rings is 1. The van der Waals surface area contributed by atoms with Crippen molar-refractivity contribution in [1.82, 2.24) is 9.88 Å². The maximum absolute atomic E-state index is 12.0. The molecule has 0 bridgehead atoms. The molecule has 0 N–H and O–H groups in total. The average molecular weight is 240 g/mol. The molecule has 4 nitrogen and oxygen atoms in total. The Balaban J connectivity index is 2.15. The third-order valence-electron chi connectivity index (χ3n) is 2.51. The van der Waals surface area contributed by atoms with Crippen LogP contribution in [0.15, 0.2) is 54.9 Å². The van der Waals surface area contributed by atoms with Crippen molar-refractivity contribution in [2.45, 2.75) is 6.54 Å². The van der Waals surface area contributed by atoms with Gasteiger partial charge in [0.25, 0.3) is 5.91 Å². The number of carbonyl (C=O) groups is 2. The molecular formula is C14H12N2O2. The van der Waals surface area contributed by atoms with Crippen LogP contribution in [0.2, 0.25) is 0 Å². The number of carbonyl (C=O) groups excluding carboxylic acids is 2. The molecule has 1 aromatic carbocycles. The van der Waals surface area contributed by atoms with Crippen LogP contribution < -0.4 is 0 Å². The molecule has 0 radical (unpaired) electrons. The first kappa shape index (κ1) is 12.0. The summed E-state index contributed by atoms with van der Waals surface area (Å²) in [4.78, 5) is 28.0. The molecule has 1 aromatic heterocycles. The lowest BCUT2D eigenvalue weighted by atomic mass is 10.2. The lowest BCUT2D eigenvalue weighted by Crippen LogP contribution is -2.29. The zero-order chi connectivity index (χ0) is 12.8. The van der Waals surface area contributed by atoms with E-state index in [1.165, 1.54) is 12.4 Å². The number of imide groups is 1. The van der Waals surface area contributed by atoms with Crippen molar-refractivity contribution >= 4 is 12.3 Å². The number of aromatic nitrogens is 1. The molecule has 4 heteroatoms. The van der Waals surface area contributed by atoms with Gasteiger partial charge in [-0.15, -0.1) is 0 Å². The first-order valence-corrected chi connectivity index (χ1v) is 5.51. The Morgan fingerprint density at radius 3 is 2.39 bits per heavy atom. The highest BCUT2D eigenvalue weighted by Crippen LogP contribution is 2.07. The van der Waals surface area contributed by atoms with Gasteiger partial charge in [-0.2, -0.15) is 0 Å². The van der Waals surface area contributed by atoms with Crippen LogP contribution in [-0.2, 0) is 11.3 Å². The summed E-state index contributed by atoms with van der Waals surface area (Å²) < 4.78 is 0. The average Bonchev–Trinajstić information content (AvgIpc) is 2.46. The minimum Gasteiger partial charge on any atom is -0.278 e. The van der Waals surface area contributed by atoms with Crippen LogP contribution in [0.25, 0.3) is 0 Å². The van der Waals surface area contributed by atoms with Crippen molar-refractivity contribution < 1.29 is 9.59 Å². The third kappa shape index (κ3) is 2.79.